The lowest BCUT2D eigenvalue weighted by Gasteiger charge is -2.45. The molecule has 5 rings (SSSR count). The third kappa shape index (κ3) is 4.97. The summed E-state index contributed by atoms with van der Waals surface area (Å²) < 4.78 is 108. The fourth-order valence-electron chi connectivity index (χ4n) is 5.22. The third-order valence-corrected chi connectivity index (χ3v) is 8.94. The molecule has 208 valence electrons. The molecule has 16 heteroatoms. The number of carbonyl (C=O) groups is 1. The Bertz CT molecular complexity index is 1310. The SMILES string of the molecule is O=C(O)N[C@H]1C[C@@H](N2Cc3cn(S(=O)(=O)[C@@H]4CCOC4)nc3C2)[C@@H](C(F)(F)F)O[C@@H]1c1cc(F)ccc1F. The Morgan fingerprint density at radius 3 is 2.61 bits per heavy atom. The summed E-state index contributed by atoms with van der Waals surface area (Å²) in [4.78, 5) is 12.8. The van der Waals surface area contributed by atoms with Gasteiger partial charge in [0.25, 0.3) is 10.0 Å². The smallest absolute Gasteiger partial charge is 0.416 e. The number of carboxylic acid groups (broad SMARTS) is 1. The topological polar surface area (TPSA) is 123 Å². The minimum absolute atomic E-state index is 0.0245. The van der Waals surface area contributed by atoms with Crippen molar-refractivity contribution in [1.82, 2.24) is 19.4 Å². The van der Waals surface area contributed by atoms with Crippen molar-refractivity contribution in [3.8, 4) is 0 Å². The fraction of sp³-hybridized carbons (Fsp3) is 0.545. The van der Waals surface area contributed by atoms with Crippen molar-refractivity contribution in [2.75, 3.05) is 13.2 Å². The van der Waals surface area contributed by atoms with Crippen LogP contribution in [0.4, 0.5) is 26.7 Å². The van der Waals surface area contributed by atoms with E-state index in [0.29, 0.717) is 24.7 Å². The average Bonchev–Trinajstić information content (AvgIpc) is 3.56. The molecular formula is C22H23F5N4O6S. The maximum Gasteiger partial charge on any atom is 0.416 e. The largest absolute Gasteiger partial charge is 0.465 e. The quantitative estimate of drug-likeness (QED) is 0.530. The summed E-state index contributed by atoms with van der Waals surface area (Å²) in [5.74, 6) is -1.97. The molecule has 0 saturated carbocycles. The first-order valence-corrected chi connectivity index (χ1v) is 13.1. The Kier molecular flexibility index (Phi) is 6.86. The van der Waals surface area contributed by atoms with Gasteiger partial charge in [-0.15, -0.1) is 0 Å². The Morgan fingerprint density at radius 1 is 1.21 bits per heavy atom. The highest BCUT2D eigenvalue weighted by atomic mass is 32.2. The minimum Gasteiger partial charge on any atom is -0.465 e. The molecule has 1 aromatic heterocycles. The van der Waals surface area contributed by atoms with E-state index >= 15 is 0 Å². The van der Waals surface area contributed by atoms with Crippen molar-refractivity contribution in [1.29, 1.82) is 0 Å². The van der Waals surface area contributed by atoms with E-state index in [-0.39, 0.29) is 25.4 Å². The van der Waals surface area contributed by atoms with Gasteiger partial charge in [-0.3, -0.25) is 4.90 Å². The summed E-state index contributed by atoms with van der Waals surface area (Å²) >= 11 is 0. The first-order valence-electron chi connectivity index (χ1n) is 11.6. The fourth-order valence-corrected chi connectivity index (χ4v) is 6.67. The molecule has 5 atom stereocenters. The summed E-state index contributed by atoms with van der Waals surface area (Å²) in [5, 5.41) is 14.7. The van der Waals surface area contributed by atoms with Crippen LogP contribution in [0, 0.1) is 11.6 Å². The number of nitrogens with zero attached hydrogens (tertiary/aromatic N) is 3. The number of nitrogens with one attached hydrogen (secondary N) is 1. The first-order chi connectivity index (χ1) is 17.8. The number of rotatable bonds is 5. The lowest BCUT2D eigenvalue weighted by Crippen LogP contribution is -2.59. The Balaban J connectivity index is 1.42. The minimum atomic E-state index is -4.94. The van der Waals surface area contributed by atoms with Gasteiger partial charge in [0.05, 0.1) is 18.3 Å². The van der Waals surface area contributed by atoms with Gasteiger partial charge in [0.2, 0.25) is 0 Å². The highest BCUT2D eigenvalue weighted by molar-refractivity contribution is 7.90. The van der Waals surface area contributed by atoms with Crippen LogP contribution in [0.5, 0.6) is 0 Å². The van der Waals surface area contributed by atoms with Crippen LogP contribution in [0.1, 0.15) is 35.8 Å². The molecule has 1 amide bonds. The van der Waals surface area contributed by atoms with Crippen molar-refractivity contribution < 1.29 is 49.7 Å². The first kappa shape index (κ1) is 26.8. The average molecular weight is 567 g/mol. The second-order valence-corrected chi connectivity index (χ2v) is 11.5. The second-order valence-electron chi connectivity index (χ2n) is 9.45. The highest BCUT2D eigenvalue weighted by Gasteiger charge is 2.55. The molecule has 0 unspecified atom stereocenters. The molecule has 1 aromatic carbocycles. The van der Waals surface area contributed by atoms with Gasteiger partial charge >= 0.3 is 12.3 Å². The second kappa shape index (κ2) is 9.73. The molecule has 3 aliphatic rings. The molecule has 0 spiro atoms. The summed E-state index contributed by atoms with van der Waals surface area (Å²) in [6.07, 6.45) is -9.63. The van der Waals surface area contributed by atoms with E-state index in [4.69, 9.17) is 9.47 Å². The number of amides is 1. The van der Waals surface area contributed by atoms with Crippen molar-refractivity contribution in [3.63, 3.8) is 0 Å². The number of ether oxygens (including phenoxy) is 2. The summed E-state index contributed by atoms with van der Waals surface area (Å²) in [6.45, 7) is 0.0613. The number of benzene rings is 1. The van der Waals surface area contributed by atoms with Gasteiger partial charge in [-0.2, -0.15) is 22.4 Å². The molecule has 2 N–H and O–H groups in total. The number of aromatic nitrogens is 2. The molecule has 0 bridgehead atoms. The molecule has 4 heterocycles. The standard InChI is InChI=1S/C22H23F5N4O6S/c23-12-1-2-15(24)14(5-12)19-16(28-21(32)33)6-18(20(37-19)22(25,26)27)30-7-11-8-31(29-17(11)9-30)38(34,35)13-3-4-36-10-13/h1-2,5,8,13,16,18-20,28H,3-4,6-7,9-10H2,(H,32,33)/t13-,16+,18-,19-,20+/m1/s1. The van der Waals surface area contributed by atoms with Crippen LogP contribution in [-0.4, -0.2) is 76.5 Å². The van der Waals surface area contributed by atoms with Gasteiger partial charge in [0.1, 0.15) is 23.0 Å². The third-order valence-electron chi connectivity index (χ3n) is 7.02. The van der Waals surface area contributed by atoms with Gasteiger partial charge in [0.15, 0.2) is 6.10 Å². The van der Waals surface area contributed by atoms with E-state index in [9.17, 15) is 40.3 Å². The number of halogens is 5. The molecule has 2 aromatic rings. The van der Waals surface area contributed by atoms with Crippen molar-refractivity contribution in [2.24, 2.45) is 0 Å². The van der Waals surface area contributed by atoms with Crippen LogP contribution in [0.15, 0.2) is 24.4 Å². The molecule has 0 radical (unpaired) electrons. The van der Waals surface area contributed by atoms with E-state index < -0.39 is 75.5 Å². The molecule has 0 aliphatic carbocycles. The van der Waals surface area contributed by atoms with Crippen LogP contribution in [0.25, 0.3) is 0 Å². The lowest BCUT2D eigenvalue weighted by atomic mass is 9.88. The van der Waals surface area contributed by atoms with Crippen molar-refractivity contribution in [3.05, 3.63) is 52.9 Å². The summed E-state index contributed by atoms with van der Waals surface area (Å²) in [7, 11) is -3.84. The maximum atomic E-state index is 14.5. The monoisotopic (exact) mass is 566 g/mol. The number of fused-ring (bicyclic) bond motifs is 1. The lowest BCUT2D eigenvalue weighted by molar-refractivity contribution is -0.270. The van der Waals surface area contributed by atoms with Crippen LogP contribution >= 0.6 is 0 Å². The number of hydrogen-bond donors (Lipinski definition) is 2. The van der Waals surface area contributed by atoms with Crippen LogP contribution in [0.3, 0.4) is 0 Å². The van der Waals surface area contributed by atoms with Gasteiger partial charge in [-0.25, -0.2) is 22.0 Å². The molecule has 2 fully saturated rings. The number of hydrogen-bond acceptors (Lipinski definition) is 7. The van der Waals surface area contributed by atoms with Crippen molar-refractivity contribution >= 4 is 16.1 Å². The Morgan fingerprint density at radius 2 is 1.97 bits per heavy atom. The Hall–Kier alpha value is -2.82. The molecule has 2 saturated heterocycles. The zero-order valence-corrected chi connectivity index (χ0v) is 20.4. The Labute approximate surface area is 213 Å². The van der Waals surface area contributed by atoms with E-state index in [1.165, 1.54) is 11.1 Å². The molecule has 10 nitrogen and oxygen atoms in total. The van der Waals surface area contributed by atoms with E-state index in [2.05, 4.69) is 10.4 Å². The maximum absolute atomic E-state index is 14.5. The van der Waals surface area contributed by atoms with E-state index in [1.54, 1.807) is 0 Å². The van der Waals surface area contributed by atoms with Gasteiger partial charge in [-0.05, 0) is 31.0 Å². The highest BCUT2D eigenvalue weighted by Crippen LogP contribution is 2.43. The van der Waals surface area contributed by atoms with Gasteiger partial charge < -0.3 is 19.9 Å². The molecule has 38 heavy (non-hydrogen) atoms. The van der Waals surface area contributed by atoms with E-state index in [1.807, 2.05) is 0 Å². The zero-order chi connectivity index (χ0) is 27.4. The van der Waals surface area contributed by atoms with Crippen LogP contribution in [-0.2, 0) is 32.6 Å². The van der Waals surface area contributed by atoms with Gasteiger partial charge in [0, 0.05) is 43.1 Å². The van der Waals surface area contributed by atoms with E-state index in [0.717, 1.165) is 16.2 Å². The molecule has 3 aliphatic heterocycles. The number of alkyl halides is 3. The van der Waals surface area contributed by atoms with Crippen LogP contribution < -0.4 is 5.32 Å². The normalized spacial score (nSPS) is 28.4. The van der Waals surface area contributed by atoms with Crippen molar-refractivity contribution in [2.45, 2.75) is 61.6 Å². The van der Waals surface area contributed by atoms with Crippen LogP contribution in [0.2, 0.25) is 0 Å². The predicted octanol–water partition coefficient (Wildman–Crippen LogP) is 2.54. The summed E-state index contributed by atoms with van der Waals surface area (Å²) in [6, 6.07) is -0.588. The predicted molar refractivity (Wildman–Crippen MR) is 118 cm³/mol. The zero-order valence-electron chi connectivity index (χ0n) is 19.6. The molecular weight excluding hydrogens is 543 g/mol. The van der Waals surface area contributed by atoms with Gasteiger partial charge in [-0.1, -0.05) is 0 Å². The summed E-state index contributed by atoms with van der Waals surface area (Å²) in [5.41, 5.74) is 0.113.